The molecule has 0 saturated carbocycles. The maximum atomic E-state index is 12.8. The quantitative estimate of drug-likeness (QED) is 0.620. The number of aliphatic imine (C=N–C) groups is 1. The van der Waals surface area contributed by atoms with Crippen LogP contribution in [-0.4, -0.2) is 52.7 Å². The molecular weight excluding hydrogens is 416 g/mol. The van der Waals surface area contributed by atoms with Gasteiger partial charge in [0.15, 0.2) is 11.5 Å². The number of halogens is 2. The second-order valence-corrected chi connectivity index (χ2v) is 7.90. The summed E-state index contributed by atoms with van der Waals surface area (Å²) in [5, 5.41) is 9.46. The third-order valence-electron chi connectivity index (χ3n) is 4.12. The van der Waals surface area contributed by atoms with Crippen LogP contribution in [-0.2, 0) is 0 Å². The van der Waals surface area contributed by atoms with Crippen LogP contribution in [0.1, 0.15) is 24.2 Å². The molecule has 7 nitrogen and oxygen atoms in total. The molecule has 3 rings (SSSR count). The third kappa shape index (κ3) is 5.59. The molecule has 30 heavy (non-hydrogen) atoms. The van der Waals surface area contributed by atoms with Gasteiger partial charge in [-0.3, -0.25) is 9.98 Å². The Balaban J connectivity index is 2.01. The first-order valence-electron chi connectivity index (χ1n) is 9.18. The van der Waals surface area contributed by atoms with Crippen molar-refractivity contribution in [3.63, 3.8) is 0 Å². The van der Waals surface area contributed by atoms with Gasteiger partial charge in [-0.2, -0.15) is 8.78 Å². The lowest BCUT2D eigenvalue weighted by Gasteiger charge is -2.28. The predicted molar refractivity (Wildman–Crippen MR) is 112 cm³/mol. The summed E-state index contributed by atoms with van der Waals surface area (Å²) >= 11 is 1.57. The highest BCUT2D eigenvalue weighted by atomic mass is 32.2. The molecule has 0 saturated heterocycles. The van der Waals surface area contributed by atoms with Crippen molar-refractivity contribution in [1.82, 2.24) is 4.98 Å². The van der Waals surface area contributed by atoms with Gasteiger partial charge in [-0.15, -0.1) is 11.8 Å². The van der Waals surface area contributed by atoms with Crippen LogP contribution in [0, 0.1) is 0 Å². The number of carboxylic acid groups (broad SMARTS) is 1. The number of ether oxygens (including phenoxy) is 2. The molecule has 0 aliphatic carbocycles. The fourth-order valence-corrected chi connectivity index (χ4v) is 3.64. The molecule has 2 aromatic rings. The minimum Gasteiger partial charge on any atom is -0.487 e. The van der Waals surface area contributed by atoms with Crippen LogP contribution in [0.4, 0.5) is 20.2 Å². The number of nitrogens with zero attached hydrogens (tertiary/aromatic N) is 3. The van der Waals surface area contributed by atoms with Gasteiger partial charge in [0.2, 0.25) is 0 Å². The summed E-state index contributed by atoms with van der Waals surface area (Å²) in [7, 11) is 0. The normalized spacial score (nSPS) is 15.6. The minimum atomic E-state index is -2.98. The van der Waals surface area contributed by atoms with Gasteiger partial charge in [0.05, 0.1) is 35.6 Å². The van der Waals surface area contributed by atoms with Crippen molar-refractivity contribution in [2.45, 2.75) is 31.8 Å². The van der Waals surface area contributed by atoms with Gasteiger partial charge >= 0.3 is 12.6 Å². The van der Waals surface area contributed by atoms with Crippen LogP contribution in [0.2, 0.25) is 0 Å². The molecule has 10 heteroatoms. The van der Waals surface area contributed by atoms with Crippen LogP contribution >= 0.6 is 11.8 Å². The maximum absolute atomic E-state index is 12.8. The van der Waals surface area contributed by atoms with E-state index in [9.17, 15) is 18.7 Å². The number of anilines is 2. The van der Waals surface area contributed by atoms with Crippen molar-refractivity contribution in [2.24, 2.45) is 4.99 Å². The van der Waals surface area contributed by atoms with E-state index in [1.54, 1.807) is 49.5 Å². The first kappa shape index (κ1) is 21.8. The second kappa shape index (κ2) is 9.75. The Bertz CT molecular complexity index is 919. The first-order valence-corrected chi connectivity index (χ1v) is 10.1. The fourth-order valence-electron chi connectivity index (χ4n) is 2.89. The molecule has 0 radical (unpaired) electrons. The topological polar surface area (TPSA) is 84.2 Å². The number of hydrogen-bond donors (Lipinski definition) is 1. The van der Waals surface area contributed by atoms with Crippen LogP contribution < -0.4 is 14.4 Å². The van der Waals surface area contributed by atoms with Crippen LogP contribution in [0.25, 0.3) is 0 Å². The number of benzene rings is 1. The van der Waals surface area contributed by atoms with Crippen molar-refractivity contribution in [3.8, 4) is 11.5 Å². The highest BCUT2D eigenvalue weighted by Crippen LogP contribution is 2.37. The van der Waals surface area contributed by atoms with E-state index in [4.69, 9.17) is 4.74 Å². The number of thioether (sulfide) groups is 1. The van der Waals surface area contributed by atoms with E-state index >= 15 is 0 Å². The molecular formula is C20H21F2N3O4S. The highest BCUT2D eigenvalue weighted by molar-refractivity contribution is 8.12. The Labute approximate surface area is 176 Å². The van der Waals surface area contributed by atoms with Gasteiger partial charge in [-0.25, -0.2) is 4.79 Å². The molecule has 0 spiro atoms. The molecule has 2 heterocycles. The Morgan fingerprint density at radius 3 is 2.67 bits per heavy atom. The van der Waals surface area contributed by atoms with Gasteiger partial charge in [0.1, 0.15) is 0 Å². The van der Waals surface area contributed by atoms with E-state index in [1.165, 1.54) is 18.3 Å². The van der Waals surface area contributed by atoms with Gasteiger partial charge in [0.25, 0.3) is 0 Å². The SMILES string of the molecule is CC(C)Oc1cc(N(CC2CN=CS2)c2cncc(C(=O)O)c2)ccc1OC(F)F. The average molecular weight is 437 g/mol. The lowest BCUT2D eigenvalue weighted by atomic mass is 10.2. The van der Waals surface area contributed by atoms with Crippen molar-refractivity contribution in [3.05, 3.63) is 42.2 Å². The number of rotatable bonds is 9. The van der Waals surface area contributed by atoms with Crippen molar-refractivity contribution >= 4 is 34.7 Å². The minimum absolute atomic E-state index is 0.0455. The molecule has 1 atom stereocenters. The molecule has 0 fully saturated rings. The van der Waals surface area contributed by atoms with Gasteiger partial charge in [0, 0.05) is 29.7 Å². The summed E-state index contributed by atoms with van der Waals surface area (Å²) in [4.78, 5) is 21.5. The van der Waals surface area contributed by atoms with Gasteiger partial charge in [-0.05, 0) is 32.0 Å². The number of alkyl halides is 2. The lowest BCUT2D eigenvalue weighted by molar-refractivity contribution is -0.0518. The van der Waals surface area contributed by atoms with Crippen molar-refractivity contribution < 1.29 is 28.2 Å². The standard InChI is InChI=1S/C20H21F2N3O4S/c1-12(2)28-18-6-14(3-4-17(18)29-20(21)22)25(10-16-9-24-11-30-16)15-5-13(19(26)27)7-23-8-15/h3-8,11-12,16,20H,9-10H2,1-2H3,(H,26,27). The Hall–Kier alpha value is -2.88. The summed E-state index contributed by atoms with van der Waals surface area (Å²) < 4.78 is 35.8. The summed E-state index contributed by atoms with van der Waals surface area (Å²) in [6.45, 7) is 1.71. The first-order chi connectivity index (χ1) is 14.3. The van der Waals surface area contributed by atoms with Gasteiger partial charge in [-0.1, -0.05) is 0 Å². The average Bonchev–Trinajstić information content (AvgIpc) is 3.20. The summed E-state index contributed by atoms with van der Waals surface area (Å²) in [6.07, 6.45) is 2.56. The van der Waals surface area contributed by atoms with E-state index in [0.29, 0.717) is 24.5 Å². The molecule has 1 unspecified atom stereocenters. The highest BCUT2D eigenvalue weighted by Gasteiger charge is 2.22. The Kier molecular flexibility index (Phi) is 7.09. The van der Waals surface area contributed by atoms with Crippen LogP contribution in [0.5, 0.6) is 11.5 Å². The zero-order valence-electron chi connectivity index (χ0n) is 16.4. The zero-order valence-corrected chi connectivity index (χ0v) is 17.2. The summed E-state index contributed by atoms with van der Waals surface area (Å²) in [5.41, 5.74) is 3.01. The van der Waals surface area contributed by atoms with Crippen LogP contribution in [0.15, 0.2) is 41.7 Å². The number of pyridine rings is 1. The number of carboxylic acids is 1. The van der Waals surface area contributed by atoms with Gasteiger partial charge < -0.3 is 19.5 Å². The molecule has 1 aromatic heterocycles. The largest absolute Gasteiger partial charge is 0.487 e. The van der Waals surface area contributed by atoms with Crippen molar-refractivity contribution in [1.29, 1.82) is 0 Å². The van der Waals surface area contributed by atoms with E-state index in [1.807, 2.05) is 4.90 Å². The number of carbonyl (C=O) groups is 1. The molecule has 0 bridgehead atoms. The summed E-state index contributed by atoms with van der Waals surface area (Å²) in [6, 6.07) is 6.16. The smallest absolute Gasteiger partial charge is 0.387 e. The molecule has 0 amide bonds. The third-order valence-corrected chi connectivity index (χ3v) is 5.08. The molecule has 1 aromatic carbocycles. The maximum Gasteiger partial charge on any atom is 0.387 e. The number of aromatic carboxylic acids is 1. The predicted octanol–water partition coefficient (Wildman–Crippen LogP) is 4.45. The lowest BCUT2D eigenvalue weighted by Crippen LogP contribution is -2.28. The van der Waals surface area contributed by atoms with Crippen molar-refractivity contribution in [2.75, 3.05) is 18.0 Å². The number of hydrogen-bond acceptors (Lipinski definition) is 7. The van der Waals surface area contributed by atoms with E-state index in [2.05, 4.69) is 14.7 Å². The second-order valence-electron chi connectivity index (χ2n) is 6.75. The Morgan fingerprint density at radius 1 is 1.23 bits per heavy atom. The summed E-state index contributed by atoms with van der Waals surface area (Å²) in [5.74, 6) is -0.990. The number of aromatic nitrogens is 1. The molecule has 1 aliphatic rings. The molecule has 1 N–H and O–H groups in total. The van der Waals surface area contributed by atoms with Crippen LogP contribution in [0.3, 0.4) is 0 Å². The van der Waals surface area contributed by atoms with E-state index in [-0.39, 0.29) is 28.4 Å². The van der Waals surface area contributed by atoms with E-state index in [0.717, 1.165) is 0 Å². The van der Waals surface area contributed by atoms with E-state index < -0.39 is 12.6 Å². The zero-order chi connectivity index (χ0) is 21.7. The Morgan fingerprint density at radius 2 is 2.03 bits per heavy atom. The fraction of sp³-hybridized carbons (Fsp3) is 0.350. The molecule has 160 valence electrons. The molecule has 1 aliphatic heterocycles. The monoisotopic (exact) mass is 437 g/mol.